The second kappa shape index (κ2) is 6.13. The number of aryl methyl sites for hydroxylation is 2. The first-order chi connectivity index (χ1) is 10.5. The lowest BCUT2D eigenvalue weighted by Crippen LogP contribution is -2.24. The number of benzene rings is 1. The molecule has 0 bridgehead atoms. The van der Waals surface area contributed by atoms with E-state index in [9.17, 15) is 4.79 Å². The van der Waals surface area contributed by atoms with Gasteiger partial charge in [0.1, 0.15) is 0 Å². The Balaban J connectivity index is 2.26. The van der Waals surface area contributed by atoms with Crippen LogP contribution in [0.4, 0.5) is 0 Å². The van der Waals surface area contributed by atoms with E-state index < -0.39 is 0 Å². The van der Waals surface area contributed by atoms with Crippen molar-refractivity contribution in [3.63, 3.8) is 0 Å². The Morgan fingerprint density at radius 2 is 2.00 bits per heavy atom. The zero-order valence-corrected chi connectivity index (χ0v) is 15.0. The van der Waals surface area contributed by atoms with E-state index in [0.29, 0.717) is 5.25 Å². The van der Waals surface area contributed by atoms with Crippen molar-refractivity contribution >= 4 is 23.5 Å². The fourth-order valence-electron chi connectivity index (χ4n) is 2.83. The quantitative estimate of drug-likeness (QED) is 0.629. The van der Waals surface area contributed by atoms with Crippen LogP contribution in [0.3, 0.4) is 0 Å². The molecule has 1 aliphatic rings. The fraction of sp³-hybridized carbons (Fsp3) is 0.412. The molecule has 2 aromatic rings. The number of hydrogen-bond acceptors (Lipinski definition) is 4. The number of nitrogens with zero attached hydrogens (tertiary/aromatic N) is 2. The predicted octanol–water partition coefficient (Wildman–Crippen LogP) is 4.00. The Hall–Kier alpha value is -1.20. The Kier molecular flexibility index (Phi) is 4.37. The molecule has 22 heavy (non-hydrogen) atoms. The summed E-state index contributed by atoms with van der Waals surface area (Å²) in [6.45, 7) is 8.37. The summed E-state index contributed by atoms with van der Waals surface area (Å²) in [6, 6.07) is 6.25. The molecule has 1 aromatic heterocycles. The molecule has 0 amide bonds. The fourth-order valence-corrected chi connectivity index (χ4v) is 4.68. The third-order valence-electron chi connectivity index (χ3n) is 3.62. The van der Waals surface area contributed by atoms with Crippen molar-refractivity contribution in [2.45, 2.75) is 49.4 Å². The normalized spacial score (nSPS) is 16.8. The van der Waals surface area contributed by atoms with Crippen molar-refractivity contribution in [2.75, 3.05) is 5.75 Å². The highest BCUT2D eigenvalue weighted by Gasteiger charge is 2.26. The molecule has 5 heteroatoms. The maximum absolute atomic E-state index is 13.0. The highest BCUT2D eigenvalue weighted by Crippen LogP contribution is 2.34. The van der Waals surface area contributed by atoms with Gasteiger partial charge in [0.25, 0.3) is 5.56 Å². The third-order valence-corrected chi connectivity index (χ3v) is 5.65. The van der Waals surface area contributed by atoms with E-state index in [4.69, 9.17) is 4.98 Å². The number of thioether (sulfide) groups is 2. The predicted molar refractivity (Wildman–Crippen MR) is 94.7 cm³/mol. The topological polar surface area (TPSA) is 34.9 Å². The SMILES string of the molecule is CCSc1nc2c(c(=O)n1-c1cc(C)cc(C)c1)S[C@@H](C)C2. The molecule has 1 aromatic carbocycles. The smallest absolute Gasteiger partial charge is 0.268 e. The third kappa shape index (κ3) is 2.84. The zero-order valence-electron chi connectivity index (χ0n) is 13.3. The van der Waals surface area contributed by atoms with Gasteiger partial charge in [-0.25, -0.2) is 4.98 Å². The van der Waals surface area contributed by atoms with Crippen LogP contribution in [0.25, 0.3) is 5.69 Å². The van der Waals surface area contributed by atoms with Crippen molar-refractivity contribution in [2.24, 2.45) is 0 Å². The second-order valence-corrected chi connectivity index (χ2v) is 8.40. The lowest BCUT2D eigenvalue weighted by molar-refractivity contribution is 0.730. The summed E-state index contributed by atoms with van der Waals surface area (Å²) >= 11 is 3.29. The first-order valence-electron chi connectivity index (χ1n) is 7.53. The average molecular weight is 332 g/mol. The Morgan fingerprint density at radius 1 is 1.32 bits per heavy atom. The van der Waals surface area contributed by atoms with E-state index in [1.54, 1.807) is 28.1 Å². The molecule has 0 fully saturated rings. The minimum Gasteiger partial charge on any atom is -0.268 e. The summed E-state index contributed by atoms with van der Waals surface area (Å²) < 4.78 is 1.79. The number of hydrogen-bond donors (Lipinski definition) is 0. The van der Waals surface area contributed by atoms with Gasteiger partial charge < -0.3 is 0 Å². The Bertz CT molecular complexity index is 763. The van der Waals surface area contributed by atoms with Crippen LogP contribution in [0.15, 0.2) is 33.0 Å². The summed E-state index contributed by atoms with van der Waals surface area (Å²) in [5.74, 6) is 0.902. The van der Waals surface area contributed by atoms with Crippen LogP contribution in [0.2, 0.25) is 0 Å². The number of aromatic nitrogens is 2. The van der Waals surface area contributed by atoms with Gasteiger partial charge in [0.15, 0.2) is 5.16 Å². The molecule has 3 nitrogen and oxygen atoms in total. The van der Waals surface area contributed by atoms with Crippen molar-refractivity contribution in [3.8, 4) is 5.69 Å². The Morgan fingerprint density at radius 3 is 2.64 bits per heavy atom. The van der Waals surface area contributed by atoms with E-state index >= 15 is 0 Å². The van der Waals surface area contributed by atoms with Gasteiger partial charge >= 0.3 is 0 Å². The molecule has 3 rings (SSSR count). The van der Waals surface area contributed by atoms with Gasteiger partial charge in [-0.05, 0) is 42.9 Å². The van der Waals surface area contributed by atoms with Crippen LogP contribution in [0.5, 0.6) is 0 Å². The molecular formula is C17H20N2OS2. The standard InChI is InChI=1S/C17H20N2OS2/c1-5-21-17-18-14-9-12(4)22-15(14)16(20)19(17)13-7-10(2)6-11(3)8-13/h6-8,12H,5,9H2,1-4H3/t12-/m0/s1. The van der Waals surface area contributed by atoms with Crippen LogP contribution in [-0.4, -0.2) is 20.6 Å². The maximum Gasteiger partial charge on any atom is 0.272 e. The molecule has 1 atom stereocenters. The first-order valence-corrected chi connectivity index (χ1v) is 9.40. The van der Waals surface area contributed by atoms with Gasteiger partial charge in [-0.3, -0.25) is 9.36 Å². The largest absolute Gasteiger partial charge is 0.272 e. The summed E-state index contributed by atoms with van der Waals surface area (Å²) in [6.07, 6.45) is 0.889. The summed E-state index contributed by atoms with van der Waals surface area (Å²) in [4.78, 5) is 18.6. The monoisotopic (exact) mass is 332 g/mol. The van der Waals surface area contributed by atoms with Crippen LogP contribution in [0, 0.1) is 13.8 Å². The summed E-state index contributed by atoms with van der Waals surface area (Å²) in [7, 11) is 0. The molecule has 1 aliphatic heterocycles. The average Bonchev–Trinajstić information content (AvgIpc) is 2.79. The molecule has 0 aliphatic carbocycles. The van der Waals surface area contributed by atoms with Crippen LogP contribution >= 0.6 is 23.5 Å². The highest BCUT2D eigenvalue weighted by molar-refractivity contribution is 8.00. The summed E-state index contributed by atoms with van der Waals surface area (Å²) in [5.41, 5.74) is 4.31. The van der Waals surface area contributed by atoms with Gasteiger partial charge in [-0.1, -0.05) is 31.7 Å². The van der Waals surface area contributed by atoms with Crippen LogP contribution in [-0.2, 0) is 6.42 Å². The van der Waals surface area contributed by atoms with Gasteiger partial charge in [0.05, 0.1) is 16.3 Å². The minimum absolute atomic E-state index is 0.0836. The molecule has 0 saturated carbocycles. The molecule has 0 spiro atoms. The molecule has 0 N–H and O–H groups in total. The van der Waals surface area contributed by atoms with Crippen molar-refractivity contribution in [3.05, 3.63) is 45.4 Å². The van der Waals surface area contributed by atoms with Gasteiger partial charge in [0.2, 0.25) is 0 Å². The molecule has 0 saturated heterocycles. The first kappa shape index (κ1) is 15.7. The highest BCUT2D eigenvalue weighted by atomic mass is 32.2. The van der Waals surface area contributed by atoms with E-state index in [2.05, 4.69) is 45.9 Å². The second-order valence-electron chi connectivity index (χ2n) is 5.72. The van der Waals surface area contributed by atoms with Crippen molar-refractivity contribution < 1.29 is 0 Å². The van der Waals surface area contributed by atoms with E-state index in [1.807, 2.05) is 0 Å². The van der Waals surface area contributed by atoms with Crippen molar-refractivity contribution in [1.29, 1.82) is 0 Å². The molecular weight excluding hydrogens is 312 g/mol. The number of fused-ring (bicyclic) bond motifs is 1. The van der Waals surface area contributed by atoms with Crippen LogP contribution < -0.4 is 5.56 Å². The zero-order chi connectivity index (χ0) is 15.9. The molecule has 0 unspecified atom stereocenters. The molecule has 116 valence electrons. The lowest BCUT2D eigenvalue weighted by atomic mass is 10.1. The summed E-state index contributed by atoms with van der Waals surface area (Å²) in [5, 5.41) is 1.25. The van der Waals surface area contributed by atoms with Gasteiger partial charge in [-0.15, -0.1) is 11.8 Å². The molecule has 0 radical (unpaired) electrons. The van der Waals surface area contributed by atoms with E-state index in [1.165, 1.54) is 0 Å². The minimum atomic E-state index is 0.0836. The van der Waals surface area contributed by atoms with E-state index in [-0.39, 0.29) is 5.56 Å². The van der Waals surface area contributed by atoms with Gasteiger partial charge in [0, 0.05) is 11.7 Å². The van der Waals surface area contributed by atoms with Gasteiger partial charge in [-0.2, -0.15) is 0 Å². The lowest BCUT2D eigenvalue weighted by Gasteiger charge is -2.14. The Labute approximate surface area is 139 Å². The number of rotatable bonds is 3. The van der Waals surface area contributed by atoms with Crippen LogP contribution in [0.1, 0.15) is 30.7 Å². The maximum atomic E-state index is 13.0. The van der Waals surface area contributed by atoms with E-state index in [0.717, 1.165) is 44.7 Å². The van der Waals surface area contributed by atoms with Crippen molar-refractivity contribution in [1.82, 2.24) is 9.55 Å². The molecule has 2 heterocycles.